The number of ether oxygens (including phenoxy) is 1. The highest BCUT2D eigenvalue weighted by molar-refractivity contribution is 6.10. The summed E-state index contributed by atoms with van der Waals surface area (Å²) in [4.78, 5) is 13.3. The molecule has 142 valence electrons. The Hall–Kier alpha value is -1.99. The summed E-state index contributed by atoms with van der Waals surface area (Å²) < 4.78 is 5.45. The van der Waals surface area contributed by atoms with Crippen LogP contribution in [0.3, 0.4) is 0 Å². The van der Waals surface area contributed by atoms with E-state index in [4.69, 9.17) is 21.2 Å². The van der Waals surface area contributed by atoms with E-state index in [2.05, 4.69) is 15.3 Å². The molecular weight excluding hydrogens is 328 g/mol. The van der Waals surface area contributed by atoms with Gasteiger partial charge < -0.3 is 21.5 Å². The highest BCUT2D eigenvalue weighted by Crippen LogP contribution is 2.26. The van der Waals surface area contributed by atoms with E-state index in [0.717, 1.165) is 68.7 Å². The molecule has 0 atom stereocenters. The summed E-state index contributed by atoms with van der Waals surface area (Å²) in [5.41, 5.74) is 15.0. The first-order chi connectivity index (χ1) is 12.7. The van der Waals surface area contributed by atoms with Crippen molar-refractivity contribution in [2.75, 3.05) is 25.6 Å². The number of nitrogens with two attached hydrogens (primary N) is 2. The summed E-state index contributed by atoms with van der Waals surface area (Å²) in [7, 11) is 1.75. The molecule has 7 heteroatoms. The van der Waals surface area contributed by atoms with E-state index in [9.17, 15) is 0 Å². The Morgan fingerprint density at radius 1 is 1.23 bits per heavy atom. The molecule has 26 heavy (non-hydrogen) atoms. The van der Waals surface area contributed by atoms with Gasteiger partial charge in [0.15, 0.2) is 0 Å². The Morgan fingerprint density at radius 2 is 1.96 bits per heavy atom. The zero-order valence-electron chi connectivity index (χ0n) is 15.5. The Labute approximate surface area is 155 Å². The molecule has 3 rings (SSSR count). The standard InChI is InChI=1S/C19H30N6O/c1-22-12-16(18(21)13-7-10-26-11-8-13)17-6-9-23-19(25-17)24-15-4-2-14(20)3-5-15/h6,9,12-15H,2-5,7-8,10-11,20-21H2,1H3,(H,23,24,25). The first kappa shape index (κ1) is 18.8. The second-order valence-electron chi connectivity index (χ2n) is 7.16. The fourth-order valence-corrected chi connectivity index (χ4v) is 3.67. The third-order valence-electron chi connectivity index (χ3n) is 5.27. The summed E-state index contributed by atoms with van der Waals surface area (Å²) in [5.74, 6) is 0.952. The normalized spacial score (nSPS) is 25.9. The van der Waals surface area contributed by atoms with E-state index in [1.54, 1.807) is 19.5 Å². The number of aromatic nitrogens is 2. The number of aliphatic imine (C=N–C) groups is 1. The number of allylic oxidation sites excluding steroid dienone is 2. The van der Waals surface area contributed by atoms with Gasteiger partial charge in [0.25, 0.3) is 0 Å². The molecule has 0 bridgehead atoms. The molecule has 0 radical (unpaired) electrons. The van der Waals surface area contributed by atoms with Gasteiger partial charge >= 0.3 is 0 Å². The third kappa shape index (κ3) is 4.80. The molecule has 1 aliphatic carbocycles. The number of nitrogens with zero attached hydrogens (tertiary/aromatic N) is 3. The fraction of sp³-hybridized carbons (Fsp3) is 0.632. The monoisotopic (exact) mass is 358 g/mol. The van der Waals surface area contributed by atoms with Gasteiger partial charge in [-0.25, -0.2) is 9.97 Å². The molecule has 0 unspecified atom stereocenters. The summed E-state index contributed by atoms with van der Waals surface area (Å²) in [6.45, 7) is 1.50. The molecule has 2 heterocycles. The lowest BCUT2D eigenvalue weighted by molar-refractivity contribution is 0.0756. The van der Waals surface area contributed by atoms with Crippen molar-refractivity contribution in [3.8, 4) is 0 Å². The van der Waals surface area contributed by atoms with Gasteiger partial charge in [-0.15, -0.1) is 0 Å². The van der Waals surface area contributed by atoms with Gasteiger partial charge in [0.2, 0.25) is 5.95 Å². The van der Waals surface area contributed by atoms with Crippen LogP contribution < -0.4 is 16.8 Å². The fourth-order valence-electron chi connectivity index (χ4n) is 3.67. The van der Waals surface area contributed by atoms with Crippen LogP contribution in [0.5, 0.6) is 0 Å². The van der Waals surface area contributed by atoms with Crippen LogP contribution in [-0.4, -0.2) is 48.5 Å². The van der Waals surface area contributed by atoms with Gasteiger partial charge in [0, 0.05) is 61.9 Å². The summed E-state index contributed by atoms with van der Waals surface area (Å²) in [6.07, 6.45) is 9.65. The van der Waals surface area contributed by atoms with Crippen LogP contribution in [-0.2, 0) is 4.74 Å². The van der Waals surface area contributed by atoms with Crippen LogP contribution in [0, 0.1) is 5.92 Å². The van der Waals surface area contributed by atoms with E-state index in [1.165, 1.54) is 0 Å². The lowest BCUT2D eigenvalue weighted by Gasteiger charge is -2.27. The zero-order chi connectivity index (χ0) is 18.4. The quantitative estimate of drug-likeness (QED) is 0.694. The summed E-state index contributed by atoms with van der Waals surface area (Å²) in [6, 6.07) is 2.60. The van der Waals surface area contributed by atoms with Crippen LogP contribution in [0.25, 0.3) is 5.57 Å². The molecule has 1 aromatic rings. The number of hydrogen-bond acceptors (Lipinski definition) is 7. The minimum atomic E-state index is 0.308. The maximum Gasteiger partial charge on any atom is 0.223 e. The molecule has 0 spiro atoms. The van der Waals surface area contributed by atoms with Crippen LogP contribution in [0.2, 0.25) is 0 Å². The van der Waals surface area contributed by atoms with E-state index in [1.807, 2.05) is 6.07 Å². The van der Waals surface area contributed by atoms with Gasteiger partial charge in [0.05, 0.1) is 5.69 Å². The average Bonchev–Trinajstić information content (AvgIpc) is 2.68. The molecular formula is C19H30N6O. The van der Waals surface area contributed by atoms with Crippen LogP contribution in [0.1, 0.15) is 44.2 Å². The molecule has 2 aliphatic rings. The molecule has 0 aromatic carbocycles. The Kier molecular flexibility index (Phi) is 6.57. The smallest absolute Gasteiger partial charge is 0.223 e. The first-order valence-electron chi connectivity index (χ1n) is 9.52. The van der Waals surface area contributed by atoms with E-state index >= 15 is 0 Å². The van der Waals surface area contributed by atoms with Crippen molar-refractivity contribution in [2.45, 2.75) is 50.6 Å². The van der Waals surface area contributed by atoms with Crippen molar-refractivity contribution in [1.82, 2.24) is 9.97 Å². The summed E-state index contributed by atoms with van der Waals surface area (Å²) in [5, 5.41) is 3.45. The lowest BCUT2D eigenvalue weighted by Crippen LogP contribution is -2.33. The van der Waals surface area contributed by atoms with Gasteiger partial charge in [-0.05, 0) is 44.6 Å². The van der Waals surface area contributed by atoms with Crippen LogP contribution >= 0.6 is 0 Å². The number of rotatable bonds is 5. The van der Waals surface area contributed by atoms with Crippen molar-refractivity contribution >= 4 is 17.7 Å². The second-order valence-corrected chi connectivity index (χ2v) is 7.16. The Balaban J connectivity index is 1.79. The topological polar surface area (TPSA) is 111 Å². The molecule has 1 aliphatic heterocycles. The van der Waals surface area contributed by atoms with E-state index in [-0.39, 0.29) is 0 Å². The van der Waals surface area contributed by atoms with Crippen LogP contribution in [0.15, 0.2) is 23.0 Å². The molecule has 0 amide bonds. The predicted octanol–water partition coefficient (Wildman–Crippen LogP) is 1.96. The maximum atomic E-state index is 6.50. The average molecular weight is 358 g/mol. The highest BCUT2D eigenvalue weighted by atomic mass is 16.5. The maximum absolute atomic E-state index is 6.50. The highest BCUT2D eigenvalue weighted by Gasteiger charge is 2.21. The van der Waals surface area contributed by atoms with Crippen molar-refractivity contribution in [1.29, 1.82) is 0 Å². The molecule has 1 aromatic heterocycles. The van der Waals surface area contributed by atoms with Crippen LogP contribution in [0.4, 0.5) is 5.95 Å². The number of anilines is 1. The molecule has 1 saturated heterocycles. The number of hydrogen-bond donors (Lipinski definition) is 3. The van der Waals surface area contributed by atoms with Gasteiger partial charge in [-0.3, -0.25) is 4.99 Å². The minimum Gasteiger partial charge on any atom is -0.401 e. The minimum absolute atomic E-state index is 0.308. The lowest BCUT2D eigenvalue weighted by atomic mass is 9.92. The first-order valence-corrected chi connectivity index (χ1v) is 9.52. The Bertz CT molecular complexity index is 645. The van der Waals surface area contributed by atoms with E-state index < -0.39 is 0 Å². The predicted molar refractivity (Wildman–Crippen MR) is 105 cm³/mol. The van der Waals surface area contributed by atoms with Crippen molar-refractivity contribution < 1.29 is 4.74 Å². The number of nitrogens with one attached hydrogen (secondary N) is 1. The summed E-state index contributed by atoms with van der Waals surface area (Å²) >= 11 is 0. The zero-order valence-corrected chi connectivity index (χ0v) is 15.5. The van der Waals surface area contributed by atoms with Gasteiger partial charge in [-0.2, -0.15) is 0 Å². The molecule has 5 N–H and O–H groups in total. The molecule has 1 saturated carbocycles. The largest absolute Gasteiger partial charge is 0.401 e. The van der Waals surface area contributed by atoms with Crippen molar-refractivity contribution in [3.63, 3.8) is 0 Å². The van der Waals surface area contributed by atoms with E-state index in [0.29, 0.717) is 23.9 Å². The van der Waals surface area contributed by atoms with Crippen molar-refractivity contribution in [3.05, 3.63) is 23.7 Å². The van der Waals surface area contributed by atoms with Crippen molar-refractivity contribution in [2.24, 2.45) is 22.4 Å². The molecule has 7 nitrogen and oxygen atoms in total. The van der Waals surface area contributed by atoms with Gasteiger partial charge in [0.1, 0.15) is 0 Å². The Morgan fingerprint density at radius 3 is 2.65 bits per heavy atom. The SMILES string of the molecule is CN=CC(=C(N)C1CCOCC1)c1ccnc(NC2CCC(N)CC2)n1. The second kappa shape index (κ2) is 9.09. The third-order valence-corrected chi connectivity index (χ3v) is 5.27. The molecule has 2 fully saturated rings. The van der Waals surface area contributed by atoms with Gasteiger partial charge in [-0.1, -0.05) is 0 Å².